The second-order valence-electron chi connectivity index (χ2n) is 4.08. The molecule has 2 heteroatoms. The van der Waals surface area contributed by atoms with Crippen molar-refractivity contribution in [3.05, 3.63) is 82.3 Å². The van der Waals surface area contributed by atoms with Crippen LogP contribution in [-0.2, 0) is 0 Å². The fourth-order valence-corrected chi connectivity index (χ4v) is 2.08. The van der Waals surface area contributed by atoms with E-state index in [1.54, 1.807) is 12.2 Å². The monoisotopic (exact) mass is 312 g/mol. The lowest BCUT2D eigenvalue weighted by Gasteiger charge is -1.98. The number of rotatable bonds is 4. The van der Waals surface area contributed by atoms with Crippen LogP contribution in [0.4, 0.5) is 0 Å². The maximum absolute atomic E-state index is 12.0. The third kappa shape index (κ3) is 3.76. The zero-order chi connectivity index (χ0) is 13.7. The summed E-state index contributed by atoms with van der Waals surface area (Å²) in [6.07, 6.45) is 5.16. The van der Waals surface area contributed by atoms with E-state index in [4.69, 9.17) is 0 Å². The summed E-state index contributed by atoms with van der Waals surface area (Å²) < 4.78 is 0.998. The predicted molar refractivity (Wildman–Crippen MR) is 84.0 cm³/mol. The van der Waals surface area contributed by atoms with Crippen molar-refractivity contribution in [3.8, 4) is 0 Å². The van der Waals surface area contributed by atoms with E-state index in [-0.39, 0.29) is 5.78 Å². The summed E-state index contributed by atoms with van der Waals surface area (Å²) in [6, 6.07) is 15.2. The van der Waals surface area contributed by atoms with Gasteiger partial charge < -0.3 is 0 Å². The Kier molecular flexibility index (Phi) is 4.48. The van der Waals surface area contributed by atoms with Crippen LogP contribution in [-0.4, -0.2) is 5.78 Å². The van der Waals surface area contributed by atoms with Crippen molar-refractivity contribution < 1.29 is 4.79 Å². The van der Waals surface area contributed by atoms with E-state index in [1.165, 1.54) is 0 Å². The van der Waals surface area contributed by atoms with Gasteiger partial charge in [0.05, 0.1) is 0 Å². The summed E-state index contributed by atoms with van der Waals surface area (Å²) in [6.45, 7) is 3.69. The number of halogens is 1. The lowest BCUT2D eigenvalue weighted by molar-refractivity contribution is 0.104. The molecule has 2 rings (SSSR count). The number of hydrogen-bond acceptors (Lipinski definition) is 1. The van der Waals surface area contributed by atoms with Crippen molar-refractivity contribution >= 4 is 33.9 Å². The molecule has 0 aliphatic heterocycles. The molecule has 0 aliphatic carbocycles. The van der Waals surface area contributed by atoms with Crippen LogP contribution in [0.1, 0.15) is 21.5 Å². The molecule has 0 radical (unpaired) electrons. The lowest BCUT2D eigenvalue weighted by atomic mass is 10.1. The van der Waals surface area contributed by atoms with Gasteiger partial charge in [-0.2, -0.15) is 0 Å². The molecule has 19 heavy (non-hydrogen) atoms. The fourth-order valence-electron chi connectivity index (χ4n) is 1.66. The van der Waals surface area contributed by atoms with E-state index in [0.29, 0.717) is 5.56 Å². The van der Waals surface area contributed by atoms with Crippen molar-refractivity contribution in [2.75, 3.05) is 0 Å². The molecule has 0 saturated heterocycles. The van der Waals surface area contributed by atoms with E-state index in [0.717, 1.165) is 15.6 Å². The summed E-state index contributed by atoms with van der Waals surface area (Å²) >= 11 is 3.40. The highest BCUT2D eigenvalue weighted by Gasteiger charge is 2.00. The third-order valence-corrected chi connectivity index (χ3v) is 3.20. The van der Waals surface area contributed by atoms with E-state index in [9.17, 15) is 4.79 Å². The topological polar surface area (TPSA) is 17.1 Å². The lowest BCUT2D eigenvalue weighted by Crippen LogP contribution is -1.93. The van der Waals surface area contributed by atoms with E-state index >= 15 is 0 Å². The molecule has 94 valence electrons. The zero-order valence-electron chi connectivity index (χ0n) is 10.3. The minimum atomic E-state index is -0.00409. The van der Waals surface area contributed by atoms with Gasteiger partial charge in [-0.3, -0.25) is 4.79 Å². The molecule has 0 spiro atoms. The summed E-state index contributed by atoms with van der Waals surface area (Å²) in [5.41, 5.74) is 2.68. The average molecular weight is 313 g/mol. The van der Waals surface area contributed by atoms with Gasteiger partial charge in [0, 0.05) is 10.0 Å². The summed E-state index contributed by atoms with van der Waals surface area (Å²) in [4.78, 5) is 12.0. The van der Waals surface area contributed by atoms with Crippen molar-refractivity contribution in [1.82, 2.24) is 0 Å². The van der Waals surface area contributed by atoms with Crippen LogP contribution < -0.4 is 0 Å². The first kappa shape index (κ1) is 13.5. The second-order valence-corrected chi connectivity index (χ2v) is 4.99. The second kappa shape index (κ2) is 6.30. The molecule has 0 bridgehead atoms. The number of ketones is 1. The predicted octanol–water partition coefficient (Wildman–Crippen LogP) is 4.99. The molecule has 0 atom stereocenters. The van der Waals surface area contributed by atoms with Crippen LogP contribution in [0.5, 0.6) is 0 Å². The molecule has 0 aliphatic rings. The Hall–Kier alpha value is -1.93. The van der Waals surface area contributed by atoms with Crippen molar-refractivity contribution in [1.29, 1.82) is 0 Å². The highest BCUT2D eigenvalue weighted by molar-refractivity contribution is 9.10. The van der Waals surface area contributed by atoms with Gasteiger partial charge in [0.1, 0.15) is 0 Å². The largest absolute Gasteiger partial charge is 0.289 e. The smallest absolute Gasteiger partial charge is 0.185 e. The zero-order valence-corrected chi connectivity index (χ0v) is 11.9. The van der Waals surface area contributed by atoms with E-state index in [2.05, 4.69) is 22.5 Å². The summed E-state index contributed by atoms with van der Waals surface area (Å²) in [5.74, 6) is -0.00409. The minimum Gasteiger partial charge on any atom is -0.289 e. The maximum Gasteiger partial charge on any atom is 0.185 e. The molecule has 0 N–H and O–H groups in total. The SMILES string of the molecule is C=Cc1ccc(C(=O)C=Cc2cccc(Br)c2)cc1. The molecule has 0 fully saturated rings. The molecule has 1 nitrogen and oxygen atoms in total. The first-order chi connectivity index (χ1) is 9.19. The van der Waals surface area contributed by atoms with Gasteiger partial charge in [0.15, 0.2) is 5.78 Å². The van der Waals surface area contributed by atoms with Crippen LogP contribution in [0.3, 0.4) is 0 Å². The van der Waals surface area contributed by atoms with Gasteiger partial charge in [-0.1, -0.05) is 71.1 Å². The Morgan fingerprint density at radius 1 is 1.05 bits per heavy atom. The molecule has 0 amide bonds. The molecular weight excluding hydrogens is 300 g/mol. The Bertz CT molecular complexity index is 624. The minimum absolute atomic E-state index is 0.00409. The van der Waals surface area contributed by atoms with Gasteiger partial charge in [-0.25, -0.2) is 0 Å². The van der Waals surface area contributed by atoms with Crippen molar-refractivity contribution in [2.24, 2.45) is 0 Å². The van der Waals surface area contributed by atoms with Crippen molar-refractivity contribution in [2.45, 2.75) is 0 Å². The highest BCUT2D eigenvalue weighted by Crippen LogP contribution is 2.13. The maximum atomic E-state index is 12.0. The quantitative estimate of drug-likeness (QED) is 0.574. The first-order valence-corrected chi connectivity index (χ1v) is 6.69. The van der Waals surface area contributed by atoms with Gasteiger partial charge in [0.2, 0.25) is 0 Å². The molecule has 0 saturated carbocycles. The van der Waals surface area contributed by atoms with Crippen LogP contribution in [0, 0.1) is 0 Å². The van der Waals surface area contributed by atoms with Crippen LogP contribution in [0.2, 0.25) is 0 Å². The van der Waals surface area contributed by atoms with Crippen molar-refractivity contribution in [3.63, 3.8) is 0 Å². The van der Waals surface area contributed by atoms with E-state index in [1.807, 2.05) is 54.6 Å². The number of carbonyl (C=O) groups is 1. The van der Waals surface area contributed by atoms with Crippen LogP contribution in [0.25, 0.3) is 12.2 Å². The molecule has 0 unspecified atom stereocenters. The van der Waals surface area contributed by atoms with Gasteiger partial charge in [0.25, 0.3) is 0 Å². The average Bonchev–Trinajstić information content (AvgIpc) is 2.45. The van der Waals surface area contributed by atoms with Crippen LogP contribution >= 0.6 is 15.9 Å². The Morgan fingerprint density at radius 3 is 2.42 bits per heavy atom. The first-order valence-electron chi connectivity index (χ1n) is 5.89. The standard InChI is InChI=1S/C17H13BrO/c1-2-13-6-9-15(10-7-13)17(19)11-8-14-4-3-5-16(18)12-14/h2-12H,1H2. The normalized spacial score (nSPS) is 10.6. The summed E-state index contributed by atoms with van der Waals surface area (Å²) in [7, 11) is 0. The fraction of sp³-hybridized carbons (Fsp3) is 0. The number of carbonyl (C=O) groups excluding carboxylic acids is 1. The van der Waals surface area contributed by atoms with Gasteiger partial charge in [-0.15, -0.1) is 0 Å². The summed E-state index contributed by atoms with van der Waals surface area (Å²) in [5, 5.41) is 0. The highest BCUT2D eigenvalue weighted by atomic mass is 79.9. The number of allylic oxidation sites excluding steroid dienone is 1. The number of benzene rings is 2. The van der Waals surface area contributed by atoms with Crippen LogP contribution in [0.15, 0.2) is 65.7 Å². The molecule has 2 aromatic carbocycles. The molecule has 0 aromatic heterocycles. The molecule has 0 heterocycles. The Balaban J connectivity index is 2.13. The Labute approximate surface area is 121 Å². The van der Waals surface area contributed by atoms with Gasteiger partial charge in [-0.05, 0) is 29.3 Å². The molecular formula is C17H13BrO. The third-order valence-electron chi connectivity index (χ3n) is 2.71. The number of hydrogen-bond donors (Lipinski definition) is 0. The molecule has 2 aromatic rings. The Morgan fingerprint density at radius 2 is 1.79 bits per heavy atom. The van der Waals surface area contributed by atoms with E-state index < -0.39 is 0 Å². The van der Waals surface area contributed by atoms with Gasteiger partial charge >= 0.3 is 0 Å².